The lowest BCUT2D eigenvalue weighted by Gasteiger charge is -2.28. The Balaban J connectivity index is 1.81. The van der Waals surface area contributed by atoms with E-state index in [1.54, 1.807) is 11.8 Å². The van der Waals surface area contributed by atoms with Crippen LogP contribution in [0.15, 0.2) is 39.1 Å². The zero-order chi connectivity index (χ0) is 15.5. The largest absolute Gasteiger partial charge is 0.301 e. The van der Waals surface area contributed by atoms with E-state index in [9.17, 15) is 4.79 Å². The molecule has 2 heterocycles. The van der Waals surface area contributed by atoms with E-state index in [0.29, 0.717) is 11.7 Å². The van der Waals surface area contributed by atoms with E-state index in [1.165, 1.54) is 22.2 Å². The van der Waals surface area contributed by atoms with Crippen molar-refractivity contribution < 1.29 is 0 Å². The van der Waals surface area contributed by atoms with E-state index in [4.69, 9.17) is 0 Å². The van der Waals surface area contributed by atoms with Gasteiger partial charge in [0.25, 0.3) is 5.56 Å². The summed E-state index contributed by atoms with van der Waals surface area (Å²) in [5, 5.41) is 0.713. The fourth-order valence-electron chi connectivity index (χ4n) is 2.76. The van der Waals surface area contributed by atoms with Crippen LogP contribution >= 0.6 is 23.5 Å². The minimum atomic E-state index is 0.0113. The Labute approximate surface area is 138 Å². The number of rotatable bonds is 4. The number of thioether (sulfide) groups is 2. The molecule has 0 saturated carbocycles. The van der Waals surface area contributed by atoms with Gasteiger partial charge in [0.05, 0.1) is 11.3 Å². The van der Waals surface area contributed by atoms with E-state index in [1.807, 2.05) is 6.26 Å². The highest BCUT2D eigenvalue weighted by atomic mass is 32.2. The quantitative estimate of drug-likeness (QED) is 0.689. The van der Waals surface area contributed by atoms with Crippen molar-refractivity contribution in [2.24, 2.45) is 0 Å². The van der Waals surface area contributed by atoms with E-state index in [0.717, 1.165) is 30.8 Å². The van der Waals surface area contributed by atoms with Gasteiger partial charge in [0.2, 0.25) is 0 Å². The summed E-state index contributed by atoms with van der Waals surface area (Å²) in [6, 6.07) is 8.46. The summed E-state index contributed by atoms with van der Waals surface area (Å²) in [5.74, 6) is 0. The number of hydrogen-bond donors (Lipinski definition) is 1. The Morgan fingerprint density at radius 2 is 2.09 bits per heavy atom. The molecule has 3 rings (SSSR count). The van der Waals surface area contributed by atoms with Crippen LogP contribution in [0.25, 0.3) is 0 Å². The van der Waals surface area contributed by atoms with Crippen LogP contribution in [0.1, 0.15) is 16.8 Å². The van der Waals surface area contributed by atoms with Gasteiger partial charge in [-0.15, -0.1) is 11.8 Å². The highest BCUT2D eigenvalue weighted by Crippen LogP contribution is 2.24. The topological polar surface area (TPSA) is 49.0 Å². The second-order valence-corrected chi connectivity index (χ2v) is 6.92. The number of H-pyrrole nitrogens is 1. The molecule has 6 heteroatoms. The van der Waals surface area contributed by atoms with E-state index in [2.05, 4.69) is 45.4 Å². The molecule has 0 spiro atoms. The molecule has 0 atom stereocenters. The number of aromatic amines is 1. The summed E-state index contributed by atoms with van der Waals surface area (Å²) in [5.41, 5.74) is 3.12. The molecule has 0 saturated heterocycles. The molecule has 22 heavy (non-hydrogen) atoms. The molecular formula is C16H19N3OS2. The third-order valence-corrected chi connectivity index (χ3v) is 5.32. The number of nitrogens with one attached hydrogen (secondary N) is 1. The molecule has 0 radical (unpaired) electrons. The van der Waals surface area contributed by atoms with Crippen LogP contribution in [0.5, 0.6) is 0 Å². The molecule has 1 N–H and O–H groups in total. The van der Waals surface area contributed by atoms with Gasteiger partial charge < -0.3 is 4.98 Å². The smallest absolute Gasteiger partial charge is 0.256 e. The van der Waals surface area contributed by atoms with Crippen LogP contribution in [0.3, 0.4) is 0 Å². The molecule has 1 aliphatic rings. The Kier molecular flexibility index (Phi) is 4.90. The minimum absolute atomic E-state index is 0.0113. The fraction of sp³-hybridized carbons (Fsp3) is 0.375. The average Bonchev–Trinajstić information content (AvgIpc) is 2.55. The number of nitrogens with zero attached hydrogens (tertiary/aromatic N) is 2. The van der Waals surface area contributed by atoms with Crippen LogP contribution in [0.2, 0.25) is 0 Å². The second kappa shape index (κ2) is 6.89. The summed E-state index contributed by atoms with van der Waals surface area (Å²) >= 11 is 3.25. The van der Waals surface area contributed by atoms with Crippen molar-refractivity contribution in [2.75, 3.05) is 19.1 Å². The van der Waals surface area contributed by atoms with E-state index in [-0.39, 0.29) is 5.56 Å². The highest BCUT2D eigenvalue weighted by Gasteiger charge is 2.21. The zero-order valence-corrected chi connectivity index (χ0v) is 14.4. The fourth-order valence-corrected chi connectivity index (χ4v) is 3.77. The first-order chi connectivity index (χ1) is 10.7. The van der Waals surface area contributed by atoms with Crippen LogP contribution in [0, 0.1) is 0 Å². The minimum Gasteiger partial charge on any atom is -0.301 e. The molecule has 1 aromatic heterocycles. The van der Waals surface area contributed by atoms with Crippen molar-refractivity contribution >= 4 is 23.5 Å². The molecule has 0 bridgehead atoms. The maximum atomic E-state index is 12.2. The van der Waals surface area contributed by atoms with E-state index < -0.39 is 0 Å². The van der Waals surface area contributed by atoms with Gasteiger partial charge in [0.1, 0.15) is 0 Å². The van der Waals surface area contributed by atoms with Gasteiger partial charge in [0, 0.05) is 31.0 Å². The lowest BCUT2D eigenvalue weighted by atomic mass is 10.1. The van der Waals surface area contributed by atoms with Gasteiger partial charge in [0.15, 0.2) is 5.16 Å². The van der Waals surface area contributed by atoms with Crippen molar-refractivity contribution in [3.63, 3.8) is 0 Å². The van der Waals surface area contributed by atoms with Crippen molar-refractivity contribution in [3.8, 4) is 0 Å². The molecule has 1 aliphatic heterocycles. The first-order valence-electron chi connectivity index (χ1n) is 7.21. The zero-order valence-electron chi connectivity index (χ0n) is 12.8. The molecule has 2 aromatic rings. The van der Waals surface area contributed by atoms with Gasteiger partial charge in [-0.1, -0.05) is 30.0 Å². The Hall–Kier alpha value is -1.24. The third kappa shape index (κ3) is 3.24. The Morgan fingerprint density at radius 1 is 1.27 bits per heavy atom. The van der Waals surface area contributed by atoms with Crippen molar-refractivity contribution in [3.05, 3.63) is 51.4 Å². The first-order valence-corrected chi connectivity index (χ1v) is 9.66. The Morgan fingerprint density at radius 3 is 2.86 bits per heavy atom. The Bertz CT molecular complexity index is 730. The van der Waals surface area contributed by atoms with Crippen LogP contribution < -0.4 is 5.56 Å². The SMILES string of the molecule is CSc1nc2c(c(=O)[nH]1)CN(Cc1ccccc1SC)CC2. The van der Waals surface area contributed by atoms with Gasteiger partial charge in [-0.3, -0.25) is 9.69 Å². The predicted molar refractivity (Wildman–Crippen MR) is 92.7 cm³/mol. The van der Waals surface area contributed by atoms with Crippen molar-refractivity contribution in [2.45, 2.75) is 29.6 Å². The summed E-state index contributed by atoms with van der Waals surface area (Å²) < 4.78 is 0. The van der Waals surface area contributed by atoms with Gasteiger partial charge >= 0.3 is 0 Å². The molecular weight excluding hydrogens is 314 g/mol. The standard InChI is InChI=1S/C16H19N3OS2/c1-21-14-6-4-3-5-11(14)9-19-8-7-13-12(10-19)15(20)18-16(17-13)22-2/h3-6H,7-10H2,1-2H3,(H,17,18,20). The molecule has 4 nitrogen and oxygen atoms in total. The molecule has 0 aliphatic carbocycles. The van der Waals surface area contributed by atoms with Crippen molar-refractivity contribution in [1.29, 1.82) is 0 Å². The van der Waals surface area contributed by atoms with Gasteiger partial charge in [-0.05, 0) is 24.1 Å². The summed E-state index contributed by atoms with van der Waals surface area (Å²) in [4.78, 5) is 23.3. The normalized spacial score (nSPS) is 14.8. The summed E-state index contributed by atoms with van der Waals surface area (Å²) in [6.07, 6.45) is 4.87. The van der Waals surface area contributed by atoms with Crippen LogP contribution in [-0.2, 0) is 19.5 Å². The molecule has 0 amide bonds. The summed E-state index contributed by atoms with van der Waals surface area (Å²) in [6.45, 7) is 2.50. The predicted octanol–water partition coefficient (Wildman–Crippen LogP) is 2.77. The van der Waals surface area contributed by atoms with Crippen molar-refractivity contribution in [1.82, 2.24) is 14.9 Å². The first kappa shape index (κ1) is 15.6. The molecule has 0 fully saturated rings. The summed E-state index contributed by atoms with van der Waals surface area (Å²) in [7, 11) is 0. The number of fused-ring (bicyclic) bond motifs is 1. The maximum Gasteiger partial charge on any atom is 0.256 e. The number of benzene rings is 1. The lowest BCUT2D eigenvalue weighted by molar-refractivity contribution is 0.239. The van der Waals surface area contributed by atoms with E-state index >= 15 is 0 Å². The molecule has 0 unspecified atom stereocenters. The van der Waals surface area contributed by atoms with Gasteiger partial charge in [-0.25, -0.2) is 4.98 Å². The van der Waals surface area contributed by atoms with Crippen LogP contribution in [-0.4, -0.2) is 33.9 Å². The maximum absolute atomic E-state index is 12.2. The van der Waals surface area contributed by atoms with Gasteiger partial charge in [-0.2, -0.15) is 0 Å². The lowest BCUT2D eigenvalue weighted by Crippen LogP contribution is -2.35. The van der Waals surface area contributed by atoms with Crippen LogP contribution in [0.4, 0.5) is 0 Å². The average molecular weight is 333 g/mol. The number of hydrogen-bond acceptors (Lipinski definition) is 5. The monoisotopic (exact) mass is 333 g/mol. The third-order valence-electron chi connectivity index (χ3n) is 3.91. The second-order valence-electron chi connectivity index (χ2n) is 5.27. The number of aromatic nitrogens is 2. The molecule has 116 valence electrons. The highest BCUT2D eigenvalue weighted by molar-refractivity contribution is 7.98. The molecule has 1 aromatic carbocycles.